The second-order valence-corrected chi connectivity index (χ2v) is 10.0. The molecule has 162 valence electrons. The number of piperidine rings is 1. The van der Waals surface area contributed by atoms with E-state index in [2.05, 4.69) is 32.2 Å². The van der Waals surface area contributed by atoms with Gasteiger partial charge in [-0.15, -0.1) is 22.7 Å². The zero-order valence-corrected chi connectivity index (χ0v) is 19.8. The van der Waals surface area contributed by atoms with Crippen LogP contribution in [0, 0.1) is 27.7 Å². The highest BCUT2D eigenvalue weighted by Crippen LogP contribution is 2.29. The van der Waals surface area contributed by atoms with Crippen molar-refractivity contribution in [3.05, 3.63) is 50.3 Å². The Bertz CT molecular complexity index is 1100. The van der Waals surface area contributed by atoms with Crippen molar-refractivity contribution in [2.75, 3.05) is 18.4 Å². The normalized spacial score (nSPS) is 16.8. The number of nitrogens with one attached hydrogen (secondary N) is 1. The molecule has 0 bridgehead atoms. The van der Waals surface area contributed by atoms with Gasteiger partial charge in [0.15, 0.2) is 5.13 Å². The van der Waals surface area contributed by atoms with Gasteiger partial charge in [0.2, 0.25) is 5.91 Å². The Hall–Kier alpha value is -2.65. The number of aromatic nitrogens is 4. The second kappa shape index (κ2) is 9.23. The summed E-state index contributed by atoms with van der Waals surface area (Å²) in [5.74, 6) is 1.67. The first kappa shape index (κ1) is 21.6. The molecule has 1 atom stereocenters. The highest BCUT2D eigenvalue weighted by molar-refractivity contribution is 7.15. The van der Waals surface area contributed by atoms with Crippen molar-refractivity contribution in [3.8, 4) is 0 Å². The third-order valence-electron chi connectivity index (χ3n) is 5.31. The van der Waals surface area contributed by atoms with Crippen molar-refractivity contribution in [3.63, 3.8) is 0 Å². The molecule has 3 aromatic heterocycles. The molecular formula is C22H26N6OS2. The van der Waals surface area contributed by atoms with E-state index in [0.717, 1.165) is 52.4 Å². The van der Waals surface area contributed by atoms with Crippen molar-refractivity contribution in [1.29, 1.82) is 0 Å². The number of carbonyl (C=O) groups excluding carboxylic acids is 1. The number of amides is 1. The van der Waals surface area contributed by atoms with E-state index in [-0.39, 0.29) is 11.8 Å². The van der Waals surface area contributed by atoms with Crippen LogP contribution in [0.15, 0.2) is 17.5 Å². The Kier molecular flexibility index (Phi) is 6.43. The monoisotopic (exact) mass is 454 g/mol. The maximum Gasteiger partial charge on any atom is 0.246 e. The van der Waals surface area contributed by atoms with E-state index in [0.29, 0.717) is 12.4 Å². The molecule has 0 spiro atoms. The van der Waals surface area contributed by atoms with E-state index in [1.807, 2.05) is 37.1 Å². The maximum atomic E-state index is 12.7. The minimum atomic E-state index is 0.0215. The summed E-state index contributed by atoms with van der Waals surface area (Å²) in [7, 11) is 0. The molecule has 4 rings (SSSR count). The molecule has 1 fully saturated rings. The molecule has 1 aliphatic heterocycles. The van der Waals surface area contributed by atoms with Gasteiger partial charge in [-0.25, -0.2) is 19.9 Å². The van der Waals surface area contributed by atoms with Crippen molar-refractivity contribution in [2.45, 2.75) is 46.5 Å². The van der Waals surface area contributed by atoms with E-state index >= 15 is 0 Å². The molecule has 31 heavy (non-hydrogen) atoms. The van der Waals surface area contributed by atoms with Crippen LogP contribution in [0.1, 0.15) is 51.6 Å². The van der Waals surface area contributed by atoms with Gasteiger partial charge in [0.25, 0.3) is 0 Å². The first-order valence-corrected chi connectivity index (χ1v) is 12.0. The summed E-state index contributed by atoms with van der Waals surface area (Å²) >= 11 is 3.20. The first-order valence-electron chi connectivity index (χ1n) is 10.3. The van der Waals surface area contributed by atoms with Crippen LogP contribution in [0.5, 0.6) is 0 Å². The number of hydrogen-bond acceptors (Lipinski definition) is 8. The fraction of sp³-hybridized carbons (Fsp3) is 0.409. The molecule has 0 aromatic carbocycles. The van der Waals surface area contributed by atoms with Gasteiger partial charge < -0.3 is 10.2 Å². The van der Waals surface area contributed by atoms with Crippen molar-refractivity contribution in [1.82, 2.24) is 24.8 Å². The first-order chi connectivity index (χ1) is 14.9. The smallest absolute Gasteiger partial charge is 0.246 e. The molecule has 0 aliphatic carbocycles. The predicted octanol–water partition coefficient (Wildman–Crippen LogP) is 4.79. The van der Waals surface area contributed by atoms with E-state index < -0.39 is 0 Å². The highest BCUT2D eigenvalue weighted by Gasteiger charge is 2.25. The lowest BCUT2D eigenvalue weighted by Gasteiger charge is -2.32. The van der Waals surface area contributed by atoms with Gasteiger partial charge >= 0.3 is 0 Å². The lowest BCUT2D eigenvalue weighted by molar-refractivity contribution is -0.127. The summed E-state index contributed by atoms with van der Waals surface area (Å²) in [4.78, 5) is 34.0. The molecule has 0 saturated carbocycles. The third kappa shape index (κ3) is 5.34. The average molecular weight is 455 g/mol. The van der Waals surface area contributed by atoms with E-state index in [4.69, 9.17) is 0 Å². The lowest BCUT2D eigenvalue weighted by atomic mass is 9.94. The number of anilines is 2. The van der Waals surface area contributed by atoms with Crippen LogP contribution in [0.3, 0.4) is 0 Å². The van der Waals surface area contributed by atoms with Gasteiger partial charge in [-0.05, 0) is 46.6 Å². The van der Waals surface area contributed by atoms with Gasteiger partial charge in [0, 0.05) is 41.4 Å². The summed E-state index contributed by atoms with van der Waals surface area (Å²) in [6, 6.07) is 1.99. The van der Waals surface area contributed by atoms with E-state index in [1.165, 1.54) is 4.88 Å². The Morgan fingerprint density at radius 1 is 1.19 bits per heavy atom. The van der Waals surface area contributed by atoms with Gasteiger partial charge in [-0.3, -0.25) is 4.79 Å². The summed E-state index contributed by atoms with van der Waals surface area (Å²) in [6.07, 6.45) is 5.38. The van der Waals surface area contributed by atoms with Crippen LogP contribution < -0.4 is 5.32 Å². The van der Waals surface area contributed by atoms with Crippen molar-refractivity contribution in [2.24, 2.45) is 0 Å². The van der Waals surface area contributed by atoms with E-state index in [9.17, 15) is 4.79 Å². The molecule has 1 saturated heterocycles. The summed E-state index contributed by atoms with van der Waals surface area (Å²) in [5.41, 5.74) is 2.83. The molecule has 0 radical (unpaired) electrons. The lowest BCUT2D eigenvalue weighted by Crippen LogP contribution is -2.38. The number of likely N-dealkylation sites (tertiary alicyclic amines) is 1. The minimum absolute atomic E-state index is 0.0215. The zero-order valence-electron chi connectivity index (χ0n) is 18.2. The molecule has 1 N–H and O–H groups in total. The van der Waals surface area contributed by atoms with Crippen LogP contribution in [0.2, 0.25) is 0 Å². The second-order valence-electron chi connectivity index (χ2n) is 7.76. The molecule has 3 aromatic rings. The largest absolute Gasteiger partial charge is 0.338 e. The highest BCUT2D eigenvalue weighted by atomic mass is 32.1. The average Bonchev–Trinajstić information content (AvgIpc) is 3.30. The number of rotatable bonds is 5. The number of nitrogens with zero attached hydrogens (tertiary/aromatic N) is 5. The fourth-order valence-corrected chi connectivity index (χ4v) is 5.04. The SMILES string of the molecule is Cc1nc(Nc2nc(C)c(C)s2)cc(C2CCCN(C(=O)C=Cc3csc(C)n3)C2)n1. The summed E-state index contributed by atoms with van der Waals surface area (Å²) < 4.78 is 0. The molecule has 9 heteroatoms. The standard InChI is InChI=1S/C22H26N6OS2/c1-13-14(2)31-22(23-13)27-20-10-19(24-15(3)25-20)17-6-5-9-28(11-17)21(29)8-7-18-12-30-16(4)26-18/h7-8,10,12,17H,5-6,9,11H2,1-4H3,(H,23,24,25,27). The van der Waals surface area contributed by atoms with Gasteiger partial charge in [0.05, 0.1) is 22.1 Å². The summed E-state index contributed by atoms with van der Waals surface area (Å²) in [6.45, 7) is 9.35. The number of hydrogen-bond donors (Lipinski definition) is 1. The Morgan fingerprint density at radius 3 is 2.74 bits per heavy atom. The van der Waals surface area contributed by atoms with Crippen LogP contribution in [-0.2, 0) is 4.79 Å². The molecular weight excluding hydrogens is 428 g/mol. The van der Waals surface area contributed by atoms with Gasteiger partial charge in [-0.2, -0.15) is 0 Å². The Morgan fingerprint density at radius 2 is 2.03 bits per heavy atom. The fourth-order valence-electron chi connectivity index (χ4n) is 3.64. The Labute approximate surface area is 190 Å². The van der Waals surface area contributed by atoms with Crippen LogP contribution >= 0.6 is 22.7 Å². The van der Waals surface area contributed by atoms with Gasteiger partial charge in [-0.1, -0.05) is 0 Å². The molecule has 1 unspecified atom stereocenters. The van der Waals surface area contributed by atoms with Crippen LogP contribution in [-0.4, -0.2) is 43.8 Å². The Balaban J connectivity index is 1.46. The predicted molar refractivity (Wildman–Crippen MR) is 126 cm³/mol. The summed E-state index contributed by atoms with van der Waals surface area (Å²) in [5, 5.41) is 7.11. The molecule has 1 amide bonds. The van der Waals surface area contributed by atoms with Gasteiger partial charge in [0.1, 0.15) is 11.6 Å². The van der Waals surface area contributed by atoms with Crippen LogP contribution in [0.4, 0.5) is 10.9 Å². The zero-order chi connectivity index (χ0) is 22.0. The maximum absolute atomic E-state index is 12.7. The minimum Gasteiger partial charge on any atom is -0.338 e. The topological polar surface area (TPSA) is 83.9 Å². The molecule has 7 nitrogen and oxygen atoms in total. The molecule has 4 heterocycles. The van der Waals surface area contributed by atoms with Crippen molar-refractivity contribution >= 4 is 45.6 Å². The number of thiazole rings is 2. The third-order valence-corrected chi connectivity index (χ3v) is 7.09. The quantitative estimate of drug-likeness (QED) is 0.558. The molecule has 1 aliphatic rings. The van der Waals surface area contributed by atoms with E-state index in [1.54, 1.807) is 34.8 Å². The number of aryl methyl sites for hydroxylation is 4. The van der Waals surface area contributed by atoms with Crippen molar-refractivity contribution < 1.29 is 4.79 Å². The number of carbonyl (C=O) groups is 1. The van der Waals surface area contributed by atoms with Crippen LogP contribution in [0.25, 0.3) is 6.08 Å².